The van der Waals surface area contributed by atoms with Gasteiger partial charge >= 0.3 is 0 Å². The van der Waals surface area contributed by atoms with Crippen molar-refractivity contribution in [2.24, 2.45) is 0 Å². The maximum atomic E-state index is 13.0. The van der Waals surface area contributed by atoms with Gasteiger partial charge in [0.2, 0.25) is 0 Å². The van der Waals surface area contributed by atoms with E-state index in [2.05, 4.69) is 11.9 Å². The van der Waals surface area contributed by atoms with Gasteiger partial charge in [-0.25, -0.2) is 9.37 Å². The van der Waals surface area contributed by atoms with Crippen LogP contribution in [0.2, 0.25) is 0 Å². The molecule has 1 aromatic rings. The van der Waals surface area contributed by atoms with Crippen molar-refractivity contribution >= 4 is 0 Å². The van der Waals surface area contributed by atoms with Crippen LogP contribution < -0.4 is 0 Å². The van der Waals surface area contributed by atoms with E-state index in [-0.39, 0.29) is 5.69 Å². The normalized spacial score (nSPS) is 9.62. The summed E-state index contributed by atoms with van der Waals surface area (Å²) >= 11 is 0. The predicted octanol–water partition coefficient (Wildman–Crippen LogP) is 2.43. The Labute approximate surface area is 77.0 Å². The first-order valence-corrected chi connectivity index (χ1v) is 4.32. The third kappa shape index (κ3) is 2.51. The minimum atomic E-state index is -0.517. The molecule has 0 fully saturated rings. The number of unbranched alkanes of at least 4 members (excludes halogenated alkanes) is 1. The summed E-state index contributed by atoms with van der Waals surface area (Å²) < 4.78 is 13.0. The van der Waals surface area contributed by atoms with Crippen LogP contribution in [-0.4, -0.2) is 4.98 Å². The zero-order chi connectivity index (χ0) is 9.68. The number of nitrogens with zero attached hydrogens (tertiary/aromatic N) is 2. The molecule has 0 aliphatic carbocycles. The first kappa shape index (κ1) is 9.66. The summed E-state index contributed by atoms with van der Waals surface area (Å²) in [6, 6.07) is 3.08. The molecule has 0 aliphatic rings. The smallest absolute Gasteiger partial charge is 0.176 e. The van der Waals surface area contributed by atoms with Gasteiger partial charge in [0.15, 0.2) is 11.5 Å². The largest absolute Gasteiger partial charge is 0.242 e. The Balaban J connectivity index is 2.79. The highest BCUT2D eigenvalue weighted by atomic mass is 19.1. The Morgan fingerprint density at radius 3 is 2.92 bits per heavy atom. The maximum Gasteiger partial charge on any atom is 0.176 e. The molecule has 1 heterocycles. The highest BCUT2D eigenvalue weighted by Crippen LogP contribution is 2.08. The number of aromatic nitrogens is 1. The summed E-state index contributed by atoms with van der Waals surface area (Å²) in [6.07, 6.45) is 4.48. The van der Waals surface area contributed by atoms with Crippen molar-refractivity contribution < 1.29 is 4.39 Å². The van der Waals surface area contributed by atoms with Gasteiger partial charge in [0.05, 0.1) is 0 Å². The Bertz CT molecular complexity index is 328. The highest BCUT2D eigenvalue weighted by Gasteiger charge is 2.03. The summed E-state index contributed by atoms with van der Waals surface area (Å²) in [5.74, 6) is -0.517. The molecule has 0 bridgehead atoms. The molecule has 0 aromatic carbocycles. The van der Waals surface area contributed by atoms with E-state index < -0.39 is 5.82 Å². The van der Waals surface area contributed by atoms with Gasteiger partial charge in [0, 0.05) is 6.20 Å². The first-order valence-electron chi connectivity index (χ1n) is 4.32. The molecule has 0 saturated carbocycles. The molecule has 3 heteroatoms. The first-order chi connectivity index (χ1) is 6.27. The minimum absolute atomic E-state index is 0.125. The Morgan fingerprint density at radius 1 is 1.62 bits per heavy atom. The van der Waals surface area contributed by atoms with Crippen LogP contribution in [0.25, 0.3) is 0 Å². The monoisotopic (exact) mass is 178 g/mol. The van der Waals surface area contributed by atoms with Gasteiger partial charge in [0.1, 0.15) is 6.07 Å². The third-order valence-electron chi connectivity index (χ3n) is 1.82. The molecule has 0 amide bonds. The number of nitriles is 1. The van der Waals surface area contributed by atoms with Gasteiger partial charge in [-0.05, 0) is 24.5 Å². The topological polar surface area (TPSA) is 36.7 Å². The lowest BCUT2D eigenvalue weighted by molar-refractivity contribution is 0.612. The van der Waals surface area contributed by atoms with Crippen molar-refractivity contribution in [1.82, 2.24) is 4.98 Å². The standard InChI is InChI=1S/C10H11FN2/c1-2-3-4-8-5-9(11)10(6-12)13-7-8/h5,7H,2-4H2,1H3. The van der Waals surface area contributed by atoms with Crippen LogP contribution in [0.1, 0.15) is 31.0 Å². The third-order valence-corrected chi connectivity index (χ3v) is 1.82. The number of rotatable bonds is 3. The van der Waals surface area contributed by atoms with Crippen molar-refractivity contribution in [3.63, 3.8) is 0 Å². The van der Waals surface area contributed by atoms with Crippen LogP contribution in [0.4, 0.5) is 4.39 Å². The molecular formula is C10H11FN2. The summed E-state index contributed by atoms with van der Waals surface area (Å²) in [6.45, 7) is 2.08. The van der Waals surface area contributed by atoms with Crippen LogP contribution in [0.5, 0.6) is 0 Å². The van der Waals surface area contributed by atoms with E-state index in [1.807, 2.05) is 0 Å². The second-order valence-electron chi connectivity index (χ2n) is 2.89. The van der Waals surface area contributed by atoms with E-state index in [1.54, 1.807) is 12.3 Å². The van der Waals surface area contributed by atoms with Crippen LogP contribution in [-0.2, 0) is 6.42 Å². The number of pyridine rings is 1. The van der Waals surface area contributed by atoms with Gasteiger partial charge < -0.3 is 0 Å². The minimum Gasteiger partial charge on any atom is -0.242 e. The zero-order valence-electron chi connectivity index (χ0n) is 7.55. The molecule has 0 atom stereocenters. The highest BCUT2D eigenvalue weighted by molar-refractivity contribution is 5.25. The van der Waals surface area contributed by atoms with Crippen LogP contribution in [0.15, 0.2) is 12.3 Å². The van der Waals surface area contributed by atoms with E-state index in [4.69, 9.17) is 5.26 Å². The second kappa shape index (κ2) is 4.56. The number of hydrogen-bond acceptors (Lipinski definition) is 2. The van der Waals surface area contributed by atoms with Crippen molar-refractivity contribution in [2.45, 2.75) is 26.2 Å². The molecule has 2 nitrogen and oxygen atoms in total. The summed E-state index contributed by atoms with van der Waals surface area (Å²) in [7, 11) is 0. The van der Waals surface area contributed by atoms with Crippen molar-refractivity contribution in [2.75, 3.05) is 0 Å². The van der Waals surface area contributed by atoms with E-state index >= 15 is 0 Å². The fourth-order valence-corrected chi connectivity index (χ4v) is 1.08. The van der Waals surface area contributed by atoms with Crippen LogP contribution in [0, 0.1) is 17.1 Å². The van der Waals surface area contributed by atoms with Gasteiger partial charge in [-0.2, -0.15) is 5.26 Å². The maximum absolute atomic E-state index is 13.0. The molecule has 1 aromatic heterocycles. The SMILES string of the molecule is CCCCc1cnc(C#N)c(F)c1. The molecule has 0 N–H and O–H groups in total. The lowest BCUT2D eigenvalue weighted by Crippen LogP contribution is -1.93. The van der Waals surface area contributed by atoms with Crippen molar-refractivity contribution in [1.29, 1.82) is 5.26 Å². The van der Waals surface area contributed by atoms with Crippen LogP contribution >= 0.6 is 0 Å². The Kier molecular flexibility index (Phi) is 3.39. The molecule has 0 radical (unpaired) electrons. The van der Waals surface area contributed by atoms with E-state index in [0.29, 0.717) is 0 Å². The lowest BCUT2D eigenvalue weighted by Gasteiger charge is -1.99. The second-order valence-corrected chi connectivity index (χ2v) is 2.89. The molecule has 1 rings (SSSR count). The van der Waals surface area contributed by atoms with Crippen molar-refractivity contribution in [3.05, 3.63) is 29.3 Å². The molecule has 13 heavy (non-hydrogen) atoms. The van der Waals surface area contributed by atoms with E-state index in [1.165, 1.54) is 6.07 Å². The quantitative estimate of drug-likeness (QED) is 0.712. The van der Waals surface area contributed by atoms with Crippen LogP contribution in [0.3, 0.4) is 0 Å². The number of halogens is 1. The van der Waals surface area contributed by atoms with Gasteiger partial charge in [-0.1, -0.05) is 13.3 Å². The molecular weight excluding hydrogens is 167 g/mol. The fourth-order valence-electron chi connectivity index (χ4n) is 1.08. The zero-order valence-corrected chi connectivity index (χ0v) is 7.55. The molecule has 68 valence electrons. The molecule has 0 saturated heterocycles. The number of aryl methyl sites for hydroxylation is 1. The van der Waals surface area contributed by atoms with Gasteiger partial charge in [-0.15, -0.1) is 0 Å². The molecule has 0 aliphatic heterocycles. The molecule has 0 unspecified atom stereocenters. The Hall–Kier alpha value is -1.43. The average Bonchev–Trinajstić information content (AvgIpc) is 2.15. The van der Waals surface area contributed by atoms with Gasteiger partial charge in [-0.3, -0.25) is 0 Å². The van der Waals surface area contributed by atoms with Crippen molar-refractivity contribution in [3.8, 4) is 6.07 Å². The number of hydrogen-bond donors (Lipinski definition) is 0. The summed E-state index contributed by atoms with van der Waals surface area (Å²) in [5, 5.41) is 8.43. The fraction of sp³-hybridized carbons (Fsp3) is 0.400. The molecule has 0 spiro atoms. The van der Waals surface area contributed by atoms with Gasteiger partial charge in [0.25, 0.3) is 0 Å². The van der Waals surface area contributed by atoms with E-state index in [9.17, 15) is 4.39 Å². The predicted molar refractivity (Wildman–Crippen MR) is 47.5 cm³/mol. The average molecular weight is 178 g/mol. The Morgan fingerprint density at radius 2 is 2.38 bits per heavy atom. The summed E-state index contributed by atoms with van der Waals surface area (Å²) in [5.41, 5.74) is 0.735. The van der Waals surface area contributed by atoms with E-state index in [0.717, 1.165) is 24.8 Å². The summed E-state index contributed by atoms with van der Waals surface area (Å²) in [4.78, 5) is 3.71. The lowest BCUT2D eigenvalue weighted by atomic mass is 10.1.